The molecule has 0 saturated carbocycles. The van der Waals surface area contributed by atoms with Crippen LogP contribution < -0.4 is 0 Å². The van der Waals surface area contributed by atoms with Gasteiger partial charge in [0.1, 0.15) is 11.6 Å². The van der Waals surface area contributed by atoms with E-state index in [1.165, 1.54) is 18.2 Å². The molecule has 0 unspecified atom stereocenters. The van der Waals surface area contributed by atoms with Crippen LogP contribution in [0.1, 0.15) is 10.4 Å². The van der Waals surface area contributed by atoms with Crippen molar-refractivity contribution < 1.29 is 9.18 Å². The molecule has 0 atom stereocenters. The molecule has 1 saturated heterocycles. The molecule has 0 radical (unpaired) electrons. The minimum atomic E-state index is -0.439. The van der Waals surface area contributed by atoms with Crippen molar-refractivity contribution in [2.75, 3.05) is 32.7 Å². The summed E-state index contributed by atoms with van der Waals surface area (Å²) >= 11 is 6.04. The number of benzene rings is 2. The summed E-state index contributed by atoms with van der Waals surface area (Å²) in [6.45, 7) is 4.56. The van der Waals surface area contributed by atoms with Crippen molar-refractivity contribution in [3.63, 3.8) is 0 Å². The highest BCUT2D eigenvalue weighted by molar-refractivity contribution is 6.33. The predicted octanol–water partition coefficient (Wildman–Crippen LogP) is 3.80. The normalized spacial score (nSPS) is 14.9. The average Bonchev–Trinajstić information content (AvgIpc) is 3.21. The van der Waals surface area contributed by atoms with E-state index in [4.69, 9.17) is 11.6 Å². The highest BCUT2D eigenvalue weighted by atomic mass is 35.5. The van der Waals surface area contributed by atoms with Crippen molar-refractivity contribution in [2.24, 2.45) is 0 Å². The van der Waals surface area contributed by atoms with E-state index in [1.54, 1.807) is 4.90 Å². The van der Waals surface area contributed by atoms with Gasteiger partial charge in [0, 0.05) is 57.2 Å². The van der Waals surface area contributed by atoms with E-state index in [9.17, 15) is 9.18 Å². The number of amides is 1. The number of hydrogen-bond acceptors (Lipinski definition) is 3. The van der Waals surface area contributed by atoms with Gasteiger partial charge in [-0.3, -0.25) is 9.69 Å². The van der Waals surface area contributed by atoms with E-state index < -0.39 is 5.82 Å². The quantitative estimate of drug-likeness (QED) is 0.640. The van der Waals surface area contributed by atoms with E-state index in [0.29, 0.717) is 18.7 Å². The summed E-state index contributed by atoms with van der Waals surface area (Å²) in [4.78, 5) is 21.3. The van der Waals surface area contributed by atoms with E-state index in [1.807, 2.05) is 30.6 Å². The fourth-order valence-electron chi connectivity index (χ4n) is 3.59. The highest BCUT2D eigenvalue weighted by Crippen LogP contribution is 2.20. The summed E-state index contributed by atoms with van der Waals surface area (Å²) in [6.07, 6.45) is 3.82. The largest absolute Gasteiger partial charge is 0.336 e. The Kier molecular flexibility index (Phi) is 5.92. The van der Waals surface area contributed by atoms with Gasteiger partial charge < -0.3 is 9.47 Å². The minimum absolute atomic E-state index is 0.143. The first-order valence-electron chi connectivity index (χ1n) is 9.65. The smallest absolute Gasteiger partial charge is 0.255 e. The van der Waals surface area contributed by atoms with Crippen molar-refractivity contribution in [2.45, 2.75) is 6.54 Å². The van der Waals surface area contributed by atoms with Crippen LogP contribution in [0.25, 0.3) is 11.4 Å². The molecule has 0 aliphatic carbocycles. The number of piperazine rings is 1. The number of rotatable bonds is 5. The standard InChI is InChI=1S/C22H22ClFN4O/c23-20-16-18(24)6-7-19(20)22(29)28-14-11-26(12-15-28)10-13-27-9-8-25-21(27)17-4-2-1-3-5-17/h1-9,16H,10-15H2. The van der Waals surface area contributed by atoms with Gasteiger partial charge >= 0.3 is 0 Å². The summed E-state index contributed by atoms with van der Waals surface area (Å²) in [5.41, 5.74) is 1.46. The van der Waals surface area contributed by atoms with Gasteiger partial charge in [0.2, 0.25) is 0 Å². The van der Waals surface area contributed by atoms with Crippen molar-refractivity contribution in [1.82, 2.24) is 19.4 Å². The predicted molar refractivity (Wildman–Crippen MR) is 111 cm³/mol. The molecular formula is C22H22ClFN4O. The number of halogens is 2. The molecule has 1 aromatic heterocycles. The van der Waals surface area contributed by atoms with Crippen LogP contribution in [0.3, 0.4) is 0 Å². The molecule has 1 aliphatic heterocycles. The third-order valence-corrected chi connectivity index (χ3v) is 5.54. The SMILES string of the molecule is O=C(c1ccc(F)cc1Cl)N1CCN(CCn2ccnc2-c2ccccc2)CC1. The number of imidazole rings is 1. The Labute approximate surface area is 174 Å². The highest BCUT2D eigenvalue weighted by Gasteiger charge is 2.23. The Hall–Kier alpha value is -2.70. The maximum Gasteiger partial charge on any atom is 0.255 e. The fourth-order valence-corrected chi connectivity index (χ4v) is 3.84. The Morgan fingerprint density at radius 1 is 1.03 bits per heavy atom. The van der Waals surface area contributed by atoms with Crippen LogP contribution in [0.5, 0.6) is 0 Å². The van der Waals surface area contributed by atoms with Crippen molar-refractivity contribution in [1.29, 1.82) is 0 Å². The van der Waals surface area contributed by atoms with Gasteiger partial charge in [-0.05, 0) is 18.2 Å². The number of carbonyl (C=O) groups is 1. The molecule has 0 spiro atoms. The lowest BCUT2D eigenvalue weighted by atomic mass is 10.1. The maximum absolute atomic E-state index is 13.2. The zero-order chi connectivity index (χ0) is 20.2. The van der Waals surface area contributed by atoms with Crippen LogP contribution in [0.15, 0.2) is 60.9 Å². The van der Waals surface area contributed by atoms with Gasteiger partial charge in [-0.1, -0.05) is 41.9 Å². The van der Waals surface area contributed by atoms with E-state index in [2.05, 4.69) is 26.6 Å². The number of aromatic nitrogens is 2. The van der Waals surface area contributed by atoms with Gasteiger partial charge in [0.25, 0.3) is 5.91 Å². The molecule has 0 bridgehead atoms. The molecular weight excluding hydrogens is 391 g/mol. The zero-order valence-electron chi connectivity index (χ0n) is 16.0. The lowest BCUT2D eigenvalue weighted by Gasteiger charge is -2.35. The second-order valence-electron chi connectivity index (χ2n) is 7.07. The summed E-state index contributed by atoms with van der Waals surface area (Å²) in [6, 6.07) is 14.0. The van der Waals surface area contributed by atoms with Crippen LogP contribution in [0, 0.1) is 5.82 Å². The number of hydrogen-bond donors (Lipinski definition) is 0. The van der Waals surface area contributed by atoms with Gasteiger partial charge in [0.15, 0.2) is 0 Å². The Morgan fingerprint density at radius 3 is 2.52 bits per heavy atom. The summed E-state index contributed by atoms with van der Waals surface area (Å²) in [7, 11) is 0. The first kappa shape index (κ1) is 19.6. The van der Waals surface area contributed by atoms with Gasteiger partial charge in [-0.15, -0.1) is 0 Å². The van der Waals surface area contributed by atoms with Crippen molar-refractivity contribution in [3.05, 3.63) is 77.3 Å². The second-order valence-corrected chi connectivity index (χ2v) is 7.48. The third-order valence-electron chi connectivity index (χ3n) is 5.23. The Morgan fingerprint density at radius 2 is 1.79 bits per heavy atom. The molecule has 7 heteroatoms. The van der Waals surface area contributed by atoms with Crippen LogP contribution in [0.2, 0.25) is 5.02 Å². The summed E-state index contributed by atoms with van der Waals surface area (Å²) in [5, 5.41) is 0.158. The lowest BCUT2D eigenvalue weighted by Crippen LogP contribution is -2.49. The molecule has 29 heavy (non-hydrogen) atoms. The molecule has 4 rings (SSSR count). The average molecular weight is 413 g/mol. The molecule has 1 amide bonds. The molecule has 0 N–H and O–H groups in total. The van der Waals surface area contributed by atoms with E-state index >= 15 is 0 Å². The first-order chi connectivity index (χ1) is 14.1. The van der Waals surface area contributed by atoms with E-state index in [0.717, 1.165) is 37.6 Å². The first-order valence-corrected chi connectivity index (χ1v) is 10.0. The van der Waals surface area contributed by atoms with Gasteiger partial charge in [0.05, 0.1) is 10.6 Å². The molecule has 3 aromatic rings. The van der Waals surface area contributed by atoms with Crippen LogP contribution >= 0.6 is 11.6 Å². The molecule has 5 nitrogen and oxygen atoms in total. The summed E-state index contributed by atoms with van der Waals surface area (Å²) < 4.78 is 15.4. The summed E-state index contributed by atoms with van der Waals surface area (Å²) in [5.74, 6) is 0.381. The molecule has 2 aromatic carbocycles. The topological polar surface area (TPSA) is 41.4 Å². The minimum Gasteiger partial charge on any atom is -0.336 e. The Balaban J connectivity index is 1.32. The number of nitrogens with zero attached hydrogens (tertiary/aromatic N) is 4. The van der Waals surface area contributed by atoms with Crippen LogP contribution in [-0.2, 0) is 6.54 Å². The van der Waals surface area contributed by atoms with Crippen molar-refractivity contribution >= 4 is 17.5 Å². The second kappa shape index (κ2) is 8.76. The zero-order valence-corrected chi connectivity index (χ0v) is 16.7. The fraction of sp³-hybridized carbons (Fsp3) is 0.273. The van der Waals surface area contributed by atoms with Crippen LogP contribution in [0.4, 0.5) is 4.39 Å². The van der Waals surface area contributed by atoms with Crippen LogP contribution in [-0.4, -0.2) is 58.0 Å². The third kappa shape index (κ3) is 4.49. The molecule has 2 heterocycles. The van der Waals surface area contributed by atoms with Gasteiger partial charge in [-0.25, -0.2) is 9.37 Å². The lowest BCUT2D eigenvalue weighted by molar-refractivity contribution is 0.0633. The van der Waals surface area contributed by atoms with Crippen molar-refractivity contribution in [3.8, 4) is 11.4 Å². The Bertz CT molecular complexity index is 983. The van der Waals surface area contributed by atoms with E-state index in [-0.39, 0.29) is 10.9 Å². The maximum atomic E-state index is 13.2. The molecule has 1 aliphatic rings. The molecule has 150 valence electrons. The van der Waals surface area contributed by atoms with Gasteiger partial charge in [-0.2, -0.15) is 0 Å². The monoisotopic (exact) mass is 412 g/mol. The molecule has 1 fully saturated rings. The number of carbonyl (C=O) groups excluding carboxylic acids is 1.